The number of carbonyl (C=O) groups is 1. The van der Waals surface area contributed by atoms with Crippen molar-refractivity contribution in [3.05, 3.63) is 0 Å². The molecule has 0 saturated heterocycles. The molecular weight excluding hydrogens is 178 g/mol. The number of aliphatic hydroxyl groups is 1. The molecule has 84 valence electrons. The monoisotopic (exact) mass is 201 g/mol. The highest BCUT2D eigenvalue weighted by atomic mass is 16.3. The maximum atomic E-state index is 11.4. The highest BCUT2D eigenvalue weighted by molar-refractivity contribution is 5.78. The number of aliphatic hydroxyl groups excluding tert-OH is 1. The van der Waals surface area contributed by atoms with Crippen molar-refractivity contribution >= 4 is 5.91 Å². The number of carbonyl (C=O) groups excluding carboxylic acids is 1. The van der Waals surface area contributed by atoms with Gasteiger partial charge in [-0.2, -0.15) is 0 Å². The molecule has 0 bridgehead atoms. The molecule has 0 rings (SSSR count). The Morgan fingerprint density at radius 1 is 1.29 bits per heavy atom. The van der Waals surface area contributed by atoms with Crippen LogP contribution in [0.1, 0.15) is 46.0 Å². The van der Waals surface area contributed by atoms with E-state index in [9.17, 15) is 9.90 Å². The van der Waals surface area contributed by atoms with E-state index in [-0.39, 0.29) is 11.8 Å². The zero-order chi connectivity index (χ0) is 11.0. The molecule has 14 heavy (non-hydrogen) atoms. The summed E-state index contributed by atoms with van der Waals surface area (Å²) in [5.41, 5.74) is 0. The van der Waals surface area contributed by atoms with E-state index >= 15 is 0 Å². The average Bonchev–Trinajstić information content (AvgIpc) is 2.21. The number of hydrogen-bond acceptors (Lipinski definition) is 2. The summed E-state index contributed by atoms with van der Waals surface area (Å²) in [5, 5.41) is 12.4. The second-order valence-corrected chi connectivity index (χ2v) is 3.72. The molecular formula is C11H23NO2. The fourth-order valence-electron chi connectivity index (χ4n) is 1.61. The third kappa shape index (κ3) is 4.61. The van der Waals surface area contributed by atoms with E-state index in [2.05, 4.69) is 12.2 Å². The highest BCUT2D eigenvalue weighted by Gasteiger charge is 2.24. The van der Waals surface area contributed by atoms with Gasteiger partial charge in [-0.25, -0.2) is 0 Å². The molecule has 0 aromatic rings. The molecule has 0 aliphatic carbocycles. The van der Waals surface area contributed by atoms with Gasteiger partial charge in [-0.3, -0.25) is 4.79 Å². The Hall–Kier alpha value is -0.570. The van der Waals surface area contributed by atoms with E-state index in [1.807, 2.05) is 6.92 Å². The lowest BCUT2D eigenvalue weighted by atomic mass is 9.92. The van der Waals surface area contributed by atoms with Gasteiger partial charge in [-0.15, -0.1) is 0 Å². The Morgan fingerprint density at radius 3 is 2.36 bits per heavy atom. The van der Waals surface area contributed by atoms with E-state index in [1.165, 1.54) is 0 Å². The van der Waals surface area contributed by atoms with E-state index in [0.29, 0.717) is 0 Å². The van der Waals surface area contributed by atoms with Crippen molar-refractivity contribution in [1.82, 2.24) is 5.32 Å². The van der Waals surface area contributed by atoms with E-state index in [1.54, 1.807) is 7.05 Å². The first-order chi connectivity index (χ1) is 6.67. The van der Waals surface area contributed by atoms with Crippen LogP contribution < -0.4 is 5.32 Å². The van der Waals surface area contributed by atoms with Crippen LogP contribution in [0.3, 0.4) is 0 Å². The first-order valence-corrected chi connectivity index (χ1v) is 5.57. The number of hydrogen-bond donors (Lipinski definition) is 2. The molecule has 0 aliphatic rings. The second-order valence-electron chi connectivity index (χ2n) is 3.72. The summed E-state index contributed by atoms with van der Waals surface area (Å²) in [6.07, 6.45) is 4.00. The molecule has 0 aromatic carbocycles. The van der Waals surface area contributed by atoms with Crippen molar-refractivity contribution in [2.45, 2.75) is 52.1 Å². The van der Waals surface area contributed by atoms with Gasteiger partial charge in [0.25, 0.3) is 0 Å². The lowest BCUT2D eigenvalue weighted by molar-refractivity contribution is -0.128. The first-order valence-electron chi connectivity index (χ1n) is 5.57. The van der Waals surface area contributed by atoms with Crippen LogP contribution in [0.4, 0.5) is 0 Å². The van der Waals surface area contributed by atoms with E-state index < -0.39 is 6.10 Å². The molecule has 0 spiro atoms. The third-order valence-corrected chi connectivity index (χ3v) is 2.50. The Morgan fingerprint density at radius 2 is 1.93 bits per heavy atom. The minimum absolute atomic E-state index is 0.0320. The number of rotatable bonds is 7. The Kier molecular flexibility index (Phi) is 7.48. The van der Waals surface area contributed by atoms with Crippen LogP contribution in [-0.4, -0.2) is 24.2 Å². The lowest BCUT2D eigenvalue weighted by Gasteiger charge is -2.20. The standard InChI is InChI=1S/C11H23NO2/c1-4-6-8-10(13)9(7-5-2)11(14)12-3/h9-10,13H,4-8H2,1-3H3,(H,12,14)/t9-,10+/m0/s1. The zero-order valence-electron chi connectivity index (χ0n) is 9.55. The fourth-order valence-corrected chi connectivity index (χ4v) is 1.61. The molecule has 0 heterocycles. The van der Waals surface area contributed by atoms with Crippen molar-refractivity contribution < 1.29 is 9.90 Å². The number of unbranched alkanes of at least 4 members (excludes halogenated alkanes) is 1. The van der Waals surface area contributed by atoms with Gasteiger partial charge < -0.3 is 10.4 Å². The Bertz CT molecular complexity index is 159. The minimum Gasteiger partial charge on any atom is -0.392 e. The summed E-state index contributed by atoms with van der Waals surface area (Å²) in [7, 11) is 1.62. The van der Waals surface area contributed by atoms with Gasteiger partial charge in [0.1, 0.15) is 0 Å². The van der Waals surface area contributed by atoms with Crippen LogP contribution in [0.5, 0.6) is 0 Å². The lowest BCUT2D eigenvalue weighted by Crippen LogP contribution is -2.35. The van der Waals surface area contributed by atoms with Crippen molar-refractivity contribution in [2.75, 3.05) is 7.05 Å². The van der Waals surface area contributed by atoms with Gasteiger partial charge in [-0.1, -0.05) is 33.1 Å². The molecule has 0 radical (unpaired) electrons. The molecule has 0 unspecified atom stereocenters. The van der Waals surface area contributed by atoms with Gasteiger partial charge in [-0.05, 0) is 12.8 Å². The van der Waals surface area contributed by atoms with E-state index in [4.69, 9.17) is 0 Å². The second kappa shape index (κ2) is 7.80. The molecule has 1 amide bonds. The van der Waals surface area contributed by atoms with Crippen LogP contribution in [0, 0.1) is 5.92 Å². The van der Waals surface area contributed by atoms with Crippen molar-refractivity contribution in [3.8, 4) is 0 Å². The predicted molar refractivity (Wildman–Crippen MR) is 58.0 cm³/mol. The molecule has 3 heteroatoms. The highest BCUT2D eigenvalue weighted by Crippen LogP contribution is 2.16. The van der Waals surface area contributed by atoms with Crippen LogP contribution in [0.15, 0.2) is 0 Å². The Balaban J connectivity index is 4.10. The van der Waals surface area contributed by atoms with Gasteiger partial charge in [0.05, 0.1) is 12.0 Å². The van der Waals surface area contributed by atoms with Gasteiger partial charge in [0.2, 0.25) is 5.91 Å². The van der Waals surface area contributed by atoms with Crippen LogP contribution in [0.25, 0.3) is 0 Å². The summed E-state index contributed by atoms with van der Waals surface area (Å²) in [4.78, 5) is 11.4. The fraction of sp³-hybridized carbons (Fsp3) is 0.909. The molecule has 2 N–H and O–H groups in total. The normalized spacial score (nSPS) is 14.9. The SMILES string of the molecule is CCCC[C@@H](O)[C@H](CCC)C(=O)NC. The summed E-state index contributed by atoms with van der Waals surface area (Å²) in [6, 6.07) is 0. The van der Waals surface area contributed by atoms with Gasteiger partial charge in [0.15, 0.2) is 0 Å². The van der Waals surface area contributed by atoms with Crippen molar-refractivity contribution in [3.63, 3.8) is 0 Å². The van der Waals surface area contributed by atoms with Crippen LogP contribution in [0.2, 0.25) is 0 Å². The minimum atomic E-state index is -0.477. The molecule has 0 aromatic heterocycles. The molecule has 3 nitrogen and oxygen atoms in total. The number of nitrogens with one attached hydrogen (secondary N) is 1. The average molecular weight is 201 g/mol. The largest absolute Gasteiger partial charge is 0.392 e. The van der Waals surface area contributed by atoms with Crippen molar-refractivity contribution in [1.29, 1.82) is 0 Å². The number of amides is 1. The summed E-state index contributed by atoms with van der Waals surface area (Å²) in [6.45, 7) is 4.12. The van der Waals surface area contributed by atoms with Crippen LogP contribution >= 0.6 is 0 Å². The molecule has 0 saturated carbocycles. The zero-order valence-corrected chi connectivity index (χ0v) is 9.55. The summed E-state index contributed by atoms with van der Waals surface area (Å²) in [5.74, 6) is -0.257. The molecule has 0 aliphatic heterocycles. The van der Waals surface area contributed by atoms with Gasteiger partial charge >= 0.3 is 0 Å². The van der Waals surface area contributed by atoms with Crippen LogP contribution in [-0.2, 0) is 4.79 Å². The summed E-state index contributed by atoms with van der Waals surface area (Å²) < 4.78 is 0. The van der Waals surface area contributed by atoms with E-state index in [0.717, 1.165) is 32.1 Å². The maximum absolute atomic E-state index is 11.4. The van der Waals surface area contributed by atoms with Crippen molar-refractivity contribution in [2.24, 2.45) is 5.92 Å². The smallest absolute Gasteiger partial charge is 0.225 e. The topological polar surface area (TPSA) is 49.3 Å². The third-order valence-electron chi connectivity index (χ3n) is 2.50. The quantitative estimate of drug-likeness (QED) is 0.658. The predicted octanol–water partition coefficient (Wildman–Crippen LogP) is 1.70. The maximum Gasteiger partial charge on any atom is 0.225 e. The molecule has 0 fully saturated rings. The first kappa shape index (κ1) is 13.4. The van der Waals surface area contributed by atoms with Gasteiger partial charge in [0, 0.05) is 7.05 Å². The molecule has 2 atom stereocenters. The summed E-state index contributed by atoms with van der Waals surface area (Å²) >= 11 is 0. The Labute approximate surface area is 86.9 Å².